The minimum Gasteiger partial charge on any atom is -0.0950 e. The fourth-order valence-corrected chi connectivity index (χ4v) is 1.10. The highest BCUT2D eigenvalue weighted by Gasteiger charge is 2.15. The van der Waals surface area contributed by atoms with Crippen molar-refractivity contribution in [2.45, 2.75) is 41.5 Å². The van der Waals surface area contributed by atoms with Gasteiger partial charge >= 0.3 is 0 Å². The molecule has 0 nitrogen and oxygen atoms in total. The molecular weight excluding hydrogens is 156 g/mol. The van der Waals surface area contributed by atoms with Crippen molar-refractivity contribution in [1.29, 1.82) is 0 Å². The normalized spacial score (nSPS) is 14.6. The van der Waals surface area contributed by atoms with E-state index in [1.165, 1.54) is 16.7 Å². The minimum absolute atomic E-state index is 0.175. The molecule has 0 heteroatoms. The number of rotatable bonds is 2. The van der Waals surface area contributed by atoms with E-state index < -0.39 is 0 Å². The molecule has 0 N–H and O–H groups in total. The fourth-order valence-electron chi connectivity index (χ4n) is 1.10. The summed E-state index contributed by atoms with van der Waals surface area (Å²) >= 11 is 0. The topological polar surface area (TPSA) is 0 Å². The van der Waals surface area contributed by atoms with Gasteiger partial charge in [0.2, 0.25) is 0 Å². The molecule has 0 saturated heterocycles. The minimum atomic E-state index is 0.175. The molecule has 0 fully saturated rings. The lowest BCUT2D eigenvalue weighted by Crippen LogP contribution is -2.09. The van der Waals surface area contributed by atoms with Crippen LogP contribution in [0.4, 0.5) is 0 Å². The molecule has 0 bridgehead atoms. The third-order valence-corrected chi connectivity index (χ3v) is 2.28. The molecule has 0 aliphatic heterocycles. The summed E-state index contributed by atoms with van der Waals surface area (Å²) in [4.78, 5) is 0. The summed E-state index contributed by atoms with van der Waals surface area (Å²) in [5.74, 6) is 0. The van der Waals surface area contributed by atoms with E-state index in [0.29, 0.717) is 0 Å². The molecule has 0 atom stereocenters. The Morgan fingerprint density at radius 1 is 1.15 bits per heavy atom. The van der Waals surface area contributed by atoms with E-state index in [1.54, 1.807) is 0 Å². The van der Waals surface area contributed by atoms with Crippen molar-refractivity contribution in [3.05, 3.63) is 35.5 Å². The average molecular weight is 178 g/mol. The first-order chi connectivity index (χ1) is 5.79. The van der Waals surface area contributed by atoms with Gasteiger partial charge in [0.05, 0.1) is 0 Å². The van der Waals surface area contributed by atoms with E-state index >= 15 is 0 Å². The van der Waals surface area contributed by atoms with E-state index in [9.17, 15) is 0 Å². The second-order valence-electron chi connectivity index (χ2n) is 4.59. The zero-order valence-electron chi connectivity index (χ0n) is 9.86. The van der Waals surface area contributed by atoms with Crippen LogP contribution in [0.3, 0.4) is 0 Å². The Balaban J connectivity index is 4.72. The summed E-state index contributed by atoms with van der Waals surface area (Å²) < 4.78 is 0. The maximum absolute atomic E-state index is 4.12. The second kappa shape index (κ2) is 4.45. The van der Waals surface area contributed by atoms with Crippen molar-refractivity contribution in [1.82, 2.24) is 0 Å². The molecule has 0 radical (unpaired) electrons. The Kier molecular flexibility index (Phi) is 4.19. The lowest BCUT2D eigenvalue weighted by atomic mass is 9.83. The van der Waals surface area contributed by atoms with Crippen LogP contribution in [0.5, 0.6) is 0 Å². The predicted octanol–water partition coefficient (Wildman–Crippen LogP) is 4.50. The van der Waals surface area contributed by atoms with Crippen LogP contribution in [0, 0.1) is 5.41 Å². The lowest BCUT2D eigenvalue weighted by molar-refractivity contribution is 0.512. The maximum Gasteiger partial charge on any atom is -0.0135 e. The Bertz CT molecular complexity index is 244. The molecule has 74 valence electrons. The molecule has 0 amide bonds. The summed E-state index contributed by atoms with van der Waals surface area (Å²) in [5.41, 5.74) is 3.97. The Labute approximate surface area is 83.0 Å². The largest absolute Gasteiger partial charge is 0.0950 e. The molecule has 0 aromatic heterocycles. The van der Waals surface area contributed by atoms with E-state index in [-0.39, 0.29) is 5.41 Å². The first-order valence-corrected chi connectivity index (χ1v) is 4.80. The van der Waals surface area contributed by atoms with Crippen molar-refractivity contribution in [2.24, 2.45) is 5.41 Å². The van der Waals surface area contributed by atoms with Crippen molar-refractivity contribution in [3.8, 4) is 0 Å². The molecular formula is C13H22. The quantitative estimate of drug-likeness (QED) is 0.546. The standard InChI is InChI=1S/C13H22/c1-8-10(2)9-11(3)12(4)13(5,6)7/h8-9H,4H2,1-3,5-7H3/b10-8-,11-9-. The van der Waals surface area contributed by atoms with Gasteiger partial charge in [0, 0.05) is 0 Å². The molecule has 0 rings (SSSR count). The van der Waals surface area contributed by atoms with Crippen LogP contribution >= 0.6 is 0 Å². The molecule has 0 aromatic carbocycles. The van der Waals surface area contributed by atoms with Gasteiger partial charge < -0.3 is 0 Å². The number of hydrogen-bond donors (Lipinski definition) is 0. The van der Waals surface area contributed by atoms with E-state index in [2.05, 4.69) is 60.3 Å². The summed E-state index contributed by atoms with van der Waals surface area (Å²) in [6, 6.07) is 0. The van der Waals surface area contributed by atoms with E-state index in [1.807, 2.05) is 0 Å². The Morgan fingerprint density at radius 2 is 1.62 bits per heavy atom. The Morgan fingerprint density at radius 3 is 1.92 bits per heavy atom. The Hall–Kier alpha value is -0.780. The van der Waals surface area contributed by atoms with Crippen LogP contribution in [0.1, 0.15) is 41.5 Å². The van der Waals surface area contributed by atoms with Crippen LogP contribution in [-0.4, -0.2) is 0 Å². The molecule has 0 aliphatic carbocycles. The molecule has 0 aromatic rings. The fraction of sp³-hybridized carbons (Fsp3) is 0.538. The van der Waals surface area contributed by atoms with Gasteiger partial charge in [0.25, 0.3) is 0 Å². The van der Waals surface area contributed by atoms with Gasteiger partial charge in [-0.1, -0.05) is 45.1 Å². The second-order valence-corrected chi connectivity index (χ2v) is 4.59. The highest BCUT2D eigenvalue weighted by molar-refractivity contribution is 5.36. The van der Waals surface area contributed by atoms with Crippen molar-refractivity contribution < 1.29 is 0 Å². The van der Waals surface area contributed by atoms with Crippen molar-refractivity contribution in [3.63, 3.8) is 0 Å². The molecule has 0 saturated carbocycles. The first kappa shape index (κ1) is 12.2. The SMILES string of the molecule is C=C(/C(C)=C\C(C)=C/C)C(C)(C)C. The van der Waals surface area contributed by atoms with Crippen molar-refractivity contribution in [2.75, 3.05) is 0 Å². The molecule has 0 heterocycles. The van der Waals surface area contributed by atoms with Crippen LogP contribution in [0.25, 0.3) is 0 Å². The monoisotopic (exact) mass is 178 g/mol. The van der Waals surface area contributed by atoms with Gasteiger partial charge in [-0.15, -0.1) is 0 Å². The van der Waals surface area contributed by atoms with Crippen molar-refractivity contribution >= 4 is 0 Å². The number of allylic oxidation sites excluding steroid dienone is 5. The molecule has 0 spiro atoms. The zero-order chi connectivity index (χ0) is 10.6. The first-order valence-electron chi connectivity index (χ1n) is 4.80. The van der Waals surface area contributed by atoms with Gasteiger partial charge in [-0.05, 0) is 37.3 Å². The number of hydrogen-bond acceptors (Lipinski definition) is 0. The molecule has 0 aliphatic rings. The third-order valence-electron chi connectivity index (χ3n) is 2.28. The smallest absolute Gasteiger partial charge is 0.0135 e. The van der Waals surface area contributed by atoms with Gasteiger partial charge in [-0.3, -0.25) is 0 Å². The highest BCUT2D eigenvalue weighted by Crippen LogP contribution is 2.29. The van der Waals surface area contributed by atoms with Gasteiger partial charge in [-0.25, -0.2) is 0 Å². The summed E-state index contributed by atoms with van der Waals surface area (Å²) in [5, 5.41) is 0. The predicted molar refractivity (Wildman–Crippen MR) is 61.8 cm³/mol. The molecule has 13 heavy (non-hydrogen) atoms. The van der Waals surface area contributed by atoms with E-state index in [4.69, 9.17) is 0 Å². The lowest BCUT2D eigenvalue weighted by Gasteiger charge is -2.22. The maximum atomic E-state index is 4.12. The third kappa shape index (κ3) is 4.12. The highest BCUT2D eigenvalue weighted by atomic mass is 14.2. The van der Waals surface area contributed by atoms with Gasteiger partial charge in [0.15, 0.2) is 0 Å². The van der Waals surface area contributed by atoms with Gasteiger partial charge in [0.1, 0.15) is 0 Å². The average Bonchev–Trinajstić information content (AvgIpc) is 2.01. The summed E-state index contributed by atoms with van der Waals surface area (Å²) in [6.45, 7) is 17.0. The summed E-state index contributed by atoms with van der Waals surface area (Å²) in [7, 11) is 0. The van der Waals surface area contributed by atoms with Crippen LogP contribution in [-0.2, 0) is 0 Å². The van der Waals surface area contributed by atoms with E-state index in [0.717, 1.165) is 0 Å². The van der Waals surface area contributed by atoms with Crippen LogP contribution in [0.15, 0.2) is 35.5 Å². The zero-order valence-corrected chi connectivity index (χ0v) is 9.86. The van der Waals surface area contributed by atoms with Gasteiger partial charge in [-0.2, -0.15) is 0 Å². The summed E-state index contributed by atoms with van der Waals surface area (Å²) in [6.07, 6.45) is 4.30. The van der Waals surface area contributed by atoms with Crippen LogP contribution in [0.2, 0.25) is 0 Å². The molecule has 0 unspecified atom stereocenters. The van der Waals surface area contributed by atoms with Crippen LogP contribution < -0.4 is 0 Å².